The molecule has 4 N–H and O–H groups in total. The molecule has 0 aliphatic carbocycles. The lowest BCUT2D eigenvalue weighted by Crippen LogP contribution is -2.01. The molecule has 0 bridgehead atoms. The highest BCUT2D eigenvalue weighted by atomic mass is 16.3. The molecule has 6 aromatic heterocycles. The van der Waals surface area contributed by atoms with Crippen LogP contribution in [0.15, 0.2) is 129 Å². The van der Waals surface area contributed by atoms with E-state index in [2.05, 4.69) is 30.3 Å². The number of benzene rings is 2. The molecule has 13 heteroatoms. The molecule has 8 rings (SSSR count). The molecule has 0 aliphatic heterocycles. The van der Waals surface area contributed by atoms with Crippen LogP contribution in [0.4, 0.5) is 11.6 Å². The Balaban J connectivity index is 0.000000155. The van der Waals surface area contributed by atoms with Crippen molar-refractivity contribution in [1.29, 1.82) is 0 Å². The fourth-order valence-corrected chi connectivity index (χ4v) is 5.13. The summed E-state index contributed by atoms with van der Waals surface area (Å²) in [6, 6.07) is 28.4. The molecule has 0 aliphatic rings. The van der Waals surface area contributed by atoms with Crippen molar-refractivity contribution in [3.05, 3.63) is 140 Å². The predicted octanol–water partition coefficient (Wildman–Crippen LogP) is 5.66. The van der Waals surface area contributed by atoms with Gasteiger partial charge in [-0.05, 0) is 81.8 Å². The summed E-state index contributed by atoms with van der Waals surface area (Å²) in [7, 11) is 0. The van der Waals surface area contributed by atoms with Gasteiger partial charge in [-0.2, -0.15) is 0 Å². The maximum Gasteiger partial charge on any atom is 0.248 e. The Hall–Kier alpha value is -6.60. The van der Waals surface area contributed by atoms with E-state index in [0.717, 1.165) is 32.9 Å². The number of nitroso groups, excluding NO2 is 2. The molecule has 45 heavy (non-hydrogen) atoms. The number of imidazole rings is 2. The summed E-state index contributed by atoms with van der Waals surface area (Å²) in [5, 5.41) is 7.98. The topological polar surface area (TPSA) is 191 Å². The maximum atomic E-state index is 11.3. The number of pyridine rings is 4. The zero-order valence-corrected chi connectivity index (χ0v) is 23.2. The third-order valence-corrected chi connectivity index (χ3v) is 7.18. The van der Waals surface area contributed by atoms with E-state index < -0.39 is 0 Å². The zero-order valence-electron chi connectivity index (χ0n) is 23.2. The highest BCUT2D eigenvalue weighted by Crippen LogP contribution is 2.33. The molecule has 0 saturated carbocycles. The van der Waals surface area contributed by atoms with Gasteiger partial charge in [-0.3, -0.25) is 18.4 Å². The second kappa shape index (κ2) is 11.6. The molecule has 0 radical (unpaired) electrons. The lowest BCUT2D eigenvalue weighted by molar-refractivity contribution is 0.824. The zero-order chi connectivity index (χ0) is 30.2. The molecule has 0 atom stereocenters. The summed E-state index contributed by atoms with van der Waals surface area (Å²) >= 11 is 0. The van der Waals surface area contributed by atoms with Crippen molar-refractivity contribution in [2.45, 2.75) is 0 Å². The second-order valence-electron chi connectivity index (χ2n) is 9.86. The fourth-order valence-electron chi connectivity index (χ4n) is 5.13. The Morgan fingerprint density at radius 1 is 0.556 bits per heavy atom. The summed E-state index contributed by atoms with van der Waals surface area (Å²) in [5.74, 6) is 0.527. The van der Waals surface area contributed by atoms with Gasteiger partial charge in [-0.1, -0.05) is 24.3 Å². The Bertz CT molecular complexity index is 2340. The van der Waals surface area contributed by atoms with Gasteiger partial charge in [0.25, 0.3) is 0 Å². The molecule has 8 aromatic rings. The first-order valence-corrected chi connectivity index (χ1v) is 13.4. The Labute approximate surface area is 251 Å². The number of hydrogen-bond donors (Lipinski definition) is 2. The van der Waals surface area contributed by atoms with Crippen LogP contribution in [0.1, 0.15) is 0 Å². The standard InChI is InChI=1S/2C16H10N4O2.H2O/c2*21-14-7-5-10-9-11(4-6-12(10)17-14)15-16(19-22)20-8-2-1-3-13(20)18-15;/h2*1-9H,(H,17,21);1H2. The van der Waals surface area contributed by atoms with E-state index in [-0.39, 0.29) is 28.2 Å². The third kappa shape index (κ3) is 5.15. The molecule has 220 valence electrons. The van der Waals surface area contributed by atoms with Crippen LogP contribution in [0.2, 0.25) is 0 Å². The van der Waals surface area contributed by atoms with Crippen LogP contribution >= 0.6 is 0 Å². The van der Waals surface area contributed by atoms with E-state index in [4.69, 9.17) is 0 Å². The van der Waals surface area contributed by atoms with Crippen molar-refractivity contribution < 1.29 is 5.48 Å². The molecule has 0 saturated heterocycles. The molecule has 0 unspecified atom stereocenters. The smallest absolute Gasteiger partial charge is 0.248 e. The normalized spacial score (nSPS) is 10.8. The van der Waals surface area contributed by atoms with E-state index >= 15 is 0 Å². The van der Waals surface area contributed by atoms with Crippen LogP contribution < -0.4 is 11.1 Å². The number of aromatic amines is 2. The monoisotopic (exact) mass is 598 g/mol. The first-order valence-electron chi connectivity index (χ1n) is 13.4. The van der Waals surface area contributed by atoms with Gasteiger partial charge >= 0.3 is 0 Å². The van der Waals surface area contributed by atoms with Crippen molar-refractivity contribution >= 4 is 44.7 Å². The van der Waals surface area contributed by atoms with Crippen LogP contribution in [0, 0.1) is 9.81 Å². The number of fused-ring (bicyclic) bond motifs is 4. The first-order chi connectivity index (χ1) is 21.5. The highest BCUT2D eigenvalue weighted by Gasteiger charge is 2.16. The SMILES string of the molecule is O.O=Nc1c(-c2ccc3[nH]c(=O)ccc3c2)nc2ccccn12.O=Nc1c(-c2ccc3[nH]c(=O)ccc3c2)nc2ccccn12. The van der Waals surface area contributed by atoms with E-state index in [1.165, 1.54) is 12.1 Å². The average molecular weight is 599 g/mol. The molecular weight excluding hydrogens is 576 g/mol. The van der Waals surface area contributed by atoms with E-state index in [1.807, 2.05) is 60.7 Å². The molecule has 0 spiro atoms. The van der Waals surface area contributed by atoms with E-state index in [0.29, 0.717) is 22.7 Å². The highest BCUT2D eigenvalue weighted by molar-refractivity contribution is 5.87. The van der Waals surface area contributed by atoms with Gasteiger partial charge in [0.05, 0.1) is 0 Å². The molecule has 2 aromatic carbocycles. The Kier molecular flexibility index (Phi) is 7.34. The van der Waals surface area contributed by atoms with Crippen molar-refractivity contribution in [2.75, 3.05) is 0 Å². The van der Waals surface area contributed by atoms with Gasteiger partial charge in [-0.25, -0.2) is 9.97 Å². The largest absolute Gasteiger partial charge is 0.412 e. The van der Waals surface area contributed by atoms with Crippen LogP contribution in [-0.2, 0) is 0 Å². The number of nitrogens with zero attached hydrogens (tertiary/aromatic N) is 6. The molecule has 6 heterocycles. The maximum absolute atomic E-state index is 11.3. The Morgan fingerprint density at radius 2 is 1.00 bits per heavy atom. The minimum atomic E-state index is -0.150. The summed E-state index contributed by atoms with van der Waals surface area (Å²) in [5.41, 5.74) is 5.09. The summed E-state index contributed by atoms with van der Waals surface area (Å²) in [6.07, 6.45) is 3.50. The van der Waals surface area contributed by atoms with Gasteiger partial charge in [0.2, 0.25) is 22.8 Å². The molecule has 13 nitrogen and oxygen atoms in total. The minimum absolute atomic E-state index is 0. The van der Waals surface area contributed by atoms with E-state index in [1.54, 1.807) is 45.5 Å². The van der Waals surface area contributed by atoms with Gasteiger partial charge in [0, 0.05) is 46.7 Å². The van der Waals surface area contributed by atoms with Gasteiger partial charge < -0.3 is 15.4 Å². The quantitative estimate of drug-likeness (QED) is 0.246. The van der Waals surface area contributed by atoms with Crippen molar-refractivity contribution in [1.82, 2.24) is 28.7 Å². The van der Waals surface area contributed by atoms with Crippen LogP contribution in [0.5, 0.6) is 0 Å². The Morgan fingerprint density at radius 3 is 1.42 bits per heavy atom. The summed E-state index contributed by atoms with van der Waals surface area (Å²) < 4.78 is 3.30. The number of rotatable bonds is 4. The fraction of sp³-hybridized carbons (Fsp3) is 0. The number of aromatic nitrogens is 6. The second-order valence-corrected chi connectivity index (χ2v) is 9.86. The van der Waals surface area contributed by atoms with Gasteiger partial charge in [0.15, 0.2) is 0 Å². The van der Waals surface area contributed by atoms with Crippen molar-refractivity contribution in [3.63, 3.8) is 0 Å². The summed E-state index contributed by atoms with van der Waals surface area (Å²) in [4.78, 5) is 59.6. The average Bonchev–Trinajstić information content (AvgIpc) is 3.63. The van der Waals surface area contributed by atoms with Gasteiger partial charge in [0.1, 0.15) is 22.7 Å². The lowest BCUT2D eigenvalue weighted by Gasteiger charge is -2.01. The van der Waals surface area contributed by atoms with Crippen LogP contribution in [0.3, 0.4) is 0 Å². The minimum Gasteiger partial charge on any atom is -0.412 e. The molecule has 0 fully saturated rings. The first kappa shape index (κ1) is 28.5. The number of H-pyrrole nitrogens is 2. The predicted molar refractivity (Wildman–Crippen MR) is 172 cm³/mol. The molecule has 0 amide bonds. The number of nitrogens with one attached hydrogen (secondary N) is 2. The third-order valence-electron chi connectivity index (χ3n) is 7.18. The van der Waals surface area contributed by atoms with Crippen molar-refractivity contribution in [3.8, 4) is 22.5 Å². The van der Waals surface area contributed by atoms with E-state index in [9.17, 15) is 19.4 Å². The van der Waals surface area contributed by atoms with Crippen molar-refractivity contribution in [2.24, 2.45) is 10.4 Å². The van der Waals surface area contributed by atoms with Crippen LogP contribution in [0.25, 0.3) is 55.6 Å². The van der Waals surface area contributed by atoms with Crippen LogP contribution in [-0.4, -0.2) is 34.2 Å². The van der Waals surface area contributed by atoms with Gasteiger partial charge in [-0.15, -0.1) is 9.81 Å². The summed E-state index contributed by atoms with van der Waals surface area (Å²) in [6.45, 7) is 0. The lowest BCUT2D eigenvalue weighted by atomic mass is 10.1. The number of hydrogen-bond acceptors (Lipinski definition) is 8. The molecular formula is C32H22N8O5.